The van der Waals surface area contributed by atoms with Crippen LogP contribution in [0.25, 0.3) is 11.3 Å². The number of hydrogen-bond acceptors (Lipinski definition) is 4. The van der Waals surface area contributed by atoms with E-state index in [9.17, 15) is 10.1 Å². The van der Waals surface area contributed by atoms with Crippen molar-refractivity contribution in [3.05, 3.63) is 69.9 Å². The molecule has 0 aliphatic heterocycles. The highest BCUT2D eigenvalue weighted by atomic mass is 35.5. The van der Waals surface area contributed by atoms with Crippen LogP contribution in [0.4, 0.5) is 5.69 Å². The minimum absolute atomic E-state index is 0.00939. The number of imidazole rings is 1. The molecule has 1 aromatic heterocycles. The minimum Gasteiger partial charge on any atom is -0.316 e. The Bertz CT molecular complexity index is 939. The monoisotopic (exact) mass is 371 g/mol. The first kappa shape index (κ1) is 16.2. The van der Waals surface area contributed by atoms with Crippen LogP contribution in [0.1, 0.15) is 18.9 Å². The topological polar surface area (TPSA) is 61.0 Å². The van der Waals surface area contributed by atoms with Crippen molar-refractivity contribution in [2.24, 2.45) is 0 Å². The highest BCUT2D eigenvalue weighted by Crippen LogP contribution is 2.44. The van der Waals surface area contributed by atoms with Crippen molar-refractivity contribution in [2.75, 3.05) is 0 Å². The Kier molecular flexibility index (Phi) is 4.23. The molecule has 1 heterocycles. The van der Waals surface area contributed by atoms with Gasteiger partial charge in [-0.2, -0.15) is 0 Å². The van der Waals surface area contributed by atoms with Crippen LogP contribution in [-0.4, -0.2) is 14.5 Å². The van der Waals surface area contributed by atoms with Crippen LogP contribution in [-0.2, 0) is 0 Å². The van der Waals surface area contributed by atoms with E-state index in [-0.39, 0.29) is 5.69 Å². The largest absolute Gasteiger partial charge is 0.316 e. The summed E-state index contributed by atoms with van der Waals surface area (Å²) in [5, 5.41) is 12.1. The summed E-state index contributed by atoms with van der Waals surface area (Å²) in [6.45, 7) is 0. The van der Waals surface area contributed by atoms with Crippen molar-refractivity contribution in [3.63, 3.8) is 0 Å². The highest BCUT2D eigenvalue weighted by molar-refractivity contribution is 7.99. The number of non-ortho nitro benzene ring substituents is 1. The summed E-state index contributed by atoms with van der Waals surface area (Å²) in [5.41, 5.74) is 2.21. The second-order valence-electron chi connectivity index (χ2n) is 5.87. The molecule has 0 bridgehead atoms. The second-order valence-corrected chi connectivity index (χ2v) is 7.28. The molecule has 5 nitrogen and oxygen atoms in total. The van der Waals surface area contributed by atoms with Gasteiger partial charge in [-0.25, -0.2) is 4.98 Å². The van der Waals surface area contributed by atoms with Gasteiger partial charge in [0.15, 0.2) is 5.16 Å². The van der Waals surface area contributed by atoms with Crippen molar-refractivity contribution >= 4 is 29.1 Å². The van der Waals surface area contributed by atoms with Gasteiger partial charge in [-0.05, 0) is 24.5 Å². The highest BCUT2D eigenvalue weighted by Gasteiger charge is 2.29. The number of benzene rings is 2. The van der Waals surface area contributed by atoms with Crippen molar-refractivity contribution in [3.8, 4) is 11.3 Å². The van der Waals surface area contributed by atoms with E-state index in [1.807, 2.05) is 24.4 Å². The van der Waals surface area contributed by atoms with Crippen molar-refractivity contribution in [2.45, 2.75) is 28.9 Å². The molecule has 1 aliphatic carbocycles. The Morgan fingerprint density at radius 2 is 1.96 bits per heavy atom. The number of halogens is 1. The molecule has 0 radical (unpaired) electrons. The van der Waals surface area contributed by atoms with E-state index in [1.54, 1.807) is 6.07 Å². The summed E-state index contributed by atoms with van der Waals surface area (Å²) in [6.07, 6.45) is 4.16. The summed E-state index contributed by atoms with van der Waals surface area (Å²) in [4.78, 5) is 15.8. The van der Waals surface area contributed by atoms with E-state index in [1.165, 1.54) is 23.9 Å². The maximum atomic E-state index is 10.9. The third kappa shape index (κ3) is 3.27. The summed E-state index contributed by atoms with van der Waals surface area (Å²) < 4.78 is 2.25. The number of hydrogen-bond donors (Lipinski definition) is 0. The average molecular weight is 372 g/mol. The van der Waals surface area contributed by atoms with Crippen LogP contribution >= 0.6 is 23.4 Å². The predicted octanol–water partition coefficient (Wildman–Crippen LogP) is 5.60. The number of aromatic nitrogens is 2. The molecule has 7 heteroatoms. The van der Waals surface area contributed by atoms with E-state index in [2.05, 4.69) is 21.7 Å². The summed E-state index contributed by atoms with van der Waals surface area (Å²) >= 11 is 7.67. The van der Waals surface area contributed by atoms with Crippen LogP contribution < -0.4 is 0 Å². The van der Waals surface area contributed by atoms with Crippen LogP contribution in [0.2, 0.25) is 5.02 Å². The average Bonchev–Trinajstić information content (AvgIpc) is 3.37. The van der Waals surface area contributed by atoms with Gasteiger partial charge in [-0.1, -0.05) is 53.7 Å². The van der Waals surface area contributed by atoms with Crippen LogP contribution in [0.15, 0.2) is 64.8 Å². The zero-order valence-electron chi connectivity index (χ0n) is 13.1. The molecule has 126 valence electrons. The first-order chi connectivity index (χ1) is 12.1. The van der Waals surface area contributed by atoms with Gasteiger partial charge in [0.2, 0.25) is 0 Å². The van der Waals surface area contributed by atoms with Crippen molar-refractivity contribution in [1.29, 1.82) is 0 Å². The molecule has 2 aromatic carbocycles. The maximum Gasteiger partial charge on any atom is 0.270 e. The number of nitrogens with zero attached hydrogens (tertiary/aromatic N) is 3. The van der Waals surface area contributed by atoms with Gasteiger partial charge in [0.25, 0.3) is 5.69 Å². The standard InChI is InChI=1S/C18H14ClN3O2S/c19-15-10-14(22(23)24)8-9-17(15)25-18-20-11-16(21(18)13-6-7-13)12-4-2-1-3-5-12/h1-5,8-11,13H,6-7H2. The Labute approximate surface area is 153 Å². The molecule has 0 amide bonds. The van der Waals surface area contributed by atoms with E-state index >= 15 is 0 Å². The Morgan fingerprint density at radius 3 is 2.60 bits per heavy atom. The molecule has 4 rings (SSSR count). The Morgan fingerprint density at radius 1 is 1.20 bits per heavy atom. The maximum absolute atomic E-state index is 10.9. The lowest BCUT2D eigenvalue weighted by molar-refractivity contribution is -0.384. The third-order valence-electron chi connectivity index (χ3n) is 4.07. The fraction of sp³-hybridized carbons (Fsp3) is 0.167. The Balaban J connectivity index is 1.70. The zero-order valence-corrected chi connectivity index (χ0v) is 14.7. The SMILES string of the molecule is O=[N+]([O-])c1ccc(Sc2ncc(-c3ccccc3)n2C2CC2)c(Cl)c1. The van der Waals surface area contributed by atoms with E-state index in [0.29, 0.717) is 11.1 Å². The molecular formula is C18H14ClN3O2S. The molecule has 0 unspecified atom stereocenters. The van der Waals surface area contributed by atoms with Gasteiger partial charge >= 0.3 is 0 Å². The molecular weight excluding hydrogens is 358 g/mol. The van der Waals surface area contributed by atoms with E-state index in [4.69, 9.17) is 11.6 Å². The predicted molar refractivity (Wildman–Crippen MR) is 98.2 cm³/mol. The van der Waals surface area contributed by atoms with Gasteiger partial charge in [0, 0.05) is 23.1 Å². The lowest BCUT2D eigenvalue weighted by atomic mass is 10.2. The molecule has 0 spiro atoms. The van der Waals surface area contributed by atoms with Crippen LogP contribution in [0, 0.1) is 10.1 Å². The summed E-state index contributed by atoms with van der Waals surface area (Å²) in [7, 11) is 0. The molecule has 1 fully saturated rings. The van der Waals surface area contributed by atoms with E-state index < -0.39 is 4.92 Å². The van der Waals surface area contributed by atoms with Crippen LogP contribution in [0.5, 0.6) is 0 Å². The number of nitro benzene ring substituents is 1. The molecule has 0 N–H and O–H groups in total. The number of rotatable bonds is 5. The molecule has 25 heavy (non-hydrogen) atoms. The van der Waals surface area contributed by atoms with Gasteiger partial charge in [-0.3, -0.25) is 10.1 Å². The number of nitro groups is 1. The van der Waals surface area contributed by atoms with E-state index in [0.717, 1.165) is 34.2 Å². The normalized spacial score (nSPS) is 13.8. The molecule has 0 atom stereocenters. The fourth-order valence-corrected chi connectivity index (χ4v) is 3.94. The van der Waals surface area contributed by atoms with Gasteiger partial charge in [0.05, 0.1) is 21.8 Å². The minimum atomic E-state index is -0.445. The molecule has 1 saturated carbocycles. The molecule has 0 saturated heterocycles. The fourth-order valence-electron chi connectivity index (χ4n) is 2.71. The van der Waals surface area contributed by atoms with Crippen LogP contribution in [0.3, 0.4) is 0 Å². The Hall–Kier alpha value is -2.31. The quantitative estimate of drug-likeness (QED) is 0.432. The van der Waals surface area contributed by atoms with Gasteiger partial charge < -0.3 is 4.57 Å². The zero-order chi connectivity index (χ0) is 17.4. The smallest absolute Gasteiger partial charge is 0.270 e. The lowest BCUT2D eigenvalue weighted by Gasteiger charge is -2.11. The first-order valence-corrected chi connectivity index (χ1v) is 9.07. The second kappa shape index (κ2) is 6.54. The summed E-state index contributed by atoms with van der Waals surface area (Å²) in [5.74, 6) is 0. The first-order valence-electron chi connectivity index (χ1n) is 7.88. The molecule has 1 aliphatic rings. The van der Waals surface area contributed by atoms with Gasteiger partial charge in [0.1, 0.15) is 0 Å². The third-order valence-corrected chi connectivity index (χ3v) is 5.56. The molecule has 3 aromatic rings. The lowest BCUT2D eigenvalue weighted by Crippen LogP contribution is -1.99. The van der Waals surface area contributed by atoms with Gasteiger partial charge in [-0.15, -0.1) is 0 Å². The summed E-state index contributed by atoms with van der Waals surface area (Å²) in [6, 6.07) is 15.2. The van der Waals surface area contributed by atoms with Crippen molar-refractivity contribution < 1.29 is 4.92 Å². The van der Waals surface area contributed by atoms with Crippen molar-refractivity contribution in [1.82, 2.24) is 9.55 Å².